The van der Waals surface area contributed by atoms with Crippen molar-refractivity contribution in [1.82, 2.24) is 0 Å². The molecule has 98 valence electrons. The zero-order valence-corrected chi connectivity index (χ0v) is 12.6. The van der Waals surface area contributed by atoms with E-state index in [1.807, 2.05) is 47.3 Å². The minimum atomic E-state index is -1.27. The third kappa shape index (κ3) is 3.55. The van der Waals surface area contributed by atoms with Crippen LogP contribution in [0.5, 0.6) is 0 Å². The Hall–Kier alpha value is -1.87. The molecular formula is C16H19NOSi. The van der Waals surface area contributed by atoms with Gasteiger partial charge in [-0.25, -0.2) is 0 Å². The van der Waals surface area contributed by atoms with Crippen molar-refractivity contribution < 1.29 is 9.67 Å². The van der Waals surface area contributed by atoms with Crippen molar-refractivity contribution in [3.63, 3.8) is 0 Å². The molecule has 0 aliphatic heterocycles. The van der Waals surface area contributed by atoms with Gasteiger partial charge in [0.2, 0.25) is 0 Å². The standard InChI is InChI=1S/C16H19NOSi/c1-19(2,3)15-9-11-17(12-10-15)13-16(18)14-7-5-4-6-8-14/h4-13H,1-3H3/b16-13-. The SMILES string of the molecule is C[Si](C)(C)c1cc[n+](/C=C(\[O-])c2ccccc2)cc1. The van der Waals surface area contributed by atoms with Crippen molar-refractivity contribution in [2.75, 3.05) is 0 Å². The van der Waals surface area contributed by atoms with Crippen LogP contribution in [0.2, 0.25) is 19.6 Å². The van der Waals surface area contributed by atoms with Crippen LogP contribution < -0.4 is 14.9 Å². The normalized spacial score (nSPS) is 12.5. The van der Waals surface area contributed by atoms with E-state index in [9.17, 15) is 5.11 Å². The molecule has 0 amide bonds. The predicted molar refractivity (Wildman–Crippen MR) is 80.2 cm³/mol. The summed E-state index contributed by atoms with van der Waals surface area (Å²) in [5.41, 5.74) is 0.712. The van der Waals surface area contributed by atoms with Gasteiger partial charge < -0.3 is 5.11 Å². The molecule has 0 saturated carbocycles. The van der Waals surface area contributed by atoms with E-state index in [1.165, 1.54) is 5.19 Å². The summed E-state index contributed by atoms with van der Waals surface area (Å²) in [6.45, 7) is 6.93. The van der Waals surface area contributed by atoms with Crippen LogP contribution >= 0.6 is 0 Å². The molecule has 0 bridgehead atoms. The van der Waals surface area contributed by atoms with Crippen molar-refractivity contribution in [3.8, 4) is 0 Å². The number of rotatable bonds is 3. The van der Waals surface area contributed by atoms with Crippen molar-refractivity contribution in [2.24, 2.45) is 0 Å². The highest BCUT2D eigenvalue weighted by Crippen LogP contribution is 2.06. The number of pyridine rings is 1. The molecule has 3 heteroatoms. The van der Waals surface area contributed by atoms with E-state index in [-0.39, 0.29) is 5.76 Å². The molecule has 0 N–H and O–H groups in total. The number of hydrogen-bond donors (Lipinski definition) is 0. The van der Waals surface area contributed by atoms with E-state index in [1.54, 1.807) is 6.20 Å². The second-order valence-electron chi connectivity index (χ2n) is 5.64. The maximum absolute atomic E-state index is 12.0. The topological polar surface area (TPSA) is 26.9 Å². The van der Waals surface area contributed by atoms with Crippen LogP contribution in [0.25, 0.3) is 12.0 Å². The van der Waals surface area contributed by atoms with Gasteiger partial charge in [-0.05, 0) is 16.5 Å². The van der Waals surface area contributed by atoms with Gasteiger partial charge in [-0.1, -0.05) is 50.0 Å². The molecule has 0 unspecified atom stereocenters. The van der Waals surface area contributed by atoms with Crippen LogP contribution in [-0.2, 0) is 0 Å². The Morgan fingerprint density at radius 2 is 1.58 bits per heavy atom. The van der Waals surface area contributed by atoms with Gasteiger partial charge in [-0.2, -0.15) is 4.57 Å². The number of aromatic nitrogens is 1. The highest BCUT2D eigenvalue weighted by molar-refractivity contribution is 6.88. The van der Waals surface area contributed by atoms with Gasteiger partial charge in [0.25, 0.3) is 0 Å². The Morgan fingerprint density at radius 1 is 1.00 bits per heavy atom. The summed E-state index contributed by atoms with van der Waals surface area (Å²) in [5, 5.41) is 13.4. The van der Waals surface area contributed by atoms with Crippen LogP contribution in [-0.4, -0.2) is 8.07 Å². The maximum atomic E-state index is 12.0. The van der Waals surface area contributed by atoms with Crippen molar-refractivity contribution in [3.05, 3.63) is 60.4 Å². The lowest BCUT2D eigenvalue weighted by Crippen LogP contribution is -2.40. The molecule has 19 heavy (non-hydrogen) atoms. The number of hydrogen-bond acceptors (Lipinski definition) is 1. The molecule has 2 aromatic rings. The van der Waals surface area contributed by atoms with E-state index >= 15 is 0 Å². The Kier molecular flexibility index (Phi) is 3.86. The summed E-state index contributed by atoms with van der Waals surface area (Å²) >= 11 is 0. The monoisotopic (exact) mass is 269 g/mol. The largest absolute Gasteiger partial charge is 0.868 e. The first-order valence-electron chi connectivity index (χ1n) is 6.42. The van der Waals surface area contributed by atoms with Crippen molar-refractivity contribution in [1.29, 1.82) is 0 Å². The minimum absolute atomic E-state index is 0.0198. The van der Waals surface area contributed by atoms with Gasteiger partial charge in [0, 0.05) is 12.1 Å². The van der Waals surface area contributed by atoms with E-state index in [4.69, 9.17) is 0 Å². The fourth-order valence-corrected chi connectivity index (χ4v) is 2.99. The summed E-state index contributed by atoms with van der Waals surface area (Å²) in [4.78, 5) is 0. The lowest BCUT2D eigenvalue weighted by molar-refractivity contribution is -0.569. The second-order valence-corrected chi connectivity index (χ2v) is 10.7. The first kappa shape index (κ1) is 13.6. The summed E-state index contributed by atoms with van der Waals surface area (Å²) in [6, 6.07) is 13.5. The van der Waals surface area contributed by atoms with E-state index in [0.29, 0.717) is 5.56 Å². The van der Waals surface area contributed by atoms with Crippen molar-refractivity contribution in [2.45, 2.75) is 19.6 Å². The third-order valence-corrected chi connectivity index (χ3v) is 5.11. The molecule has 1 aromatic carbocycles. The first-order chi connectivity index (χ1) is 8.97. The van der Waals surface area contributed by atoms with Crippen molar-refractivity contribution >= 4 is 25.2 Å². The van der Waals surface area contributed by atoms with Crippen LogP contribution in [0.3, 0.4) is 0 Å². The Labute approximate surface area is 115 Å². The third-order valence-electron chi connectivity index (χ3n) is 3.04. The quantitative estimate of drug-likeness (QED) is 0.474. The highest BCUT2D eigenvalue weighted by Gasteiger charge is 2.16. The first-order valence-corrected chi connectivity index (χ1v) is 9.92. The van der Waals surface area contributed by atoms with Gasteiger partial charge in [0.15, 0.2) is 18.6 Å². The molecule has 0 spiro atoms. The van der Waals surface area contributed by atoms with Crippen LogP contribution in [0.1, 0.15) is 5.56 Å². The van der Waals surface area contributed by atoms with Gasteiger partial charge >= 0.3 is 0 Å². The summed E-state index contributed by atoms with van der Waals surface area (Å²) in [5.74, 6) is 0.0198. The summed E-state index contributed by atoms with van der Waals surface area (Å²) < 4.78 is 1.82. The summed E-state index contributed by atoms with van der Waals surface area (Å²) in [6.07, 6.45) is 5.52. The average Bonchev–Trinajstić information content (AvgIpc) is 2.39. The van der Waals surface area contributed by atoms with Gasteiger partial charge in [0.05, 0.1) is 8.07 Å². The zero-order chi connectivity index (χ0) is 13.9. The fraction of sp³-hybridized carbons (Fsp3) is 0.188. The Balaban J connectivity index is 2.24. The molecular weight excluding hydrogens is 250 g/mol. The maximum Gasteiger partial charge on any atom is 0.174 e. The predicted octanol–water partition coefficient (Wildman–Crippen LogP) is 1.84. The molecule has 2 rings (SSSR count). The van der Waals surface area contributed by atoms with Crippen LogP contribution in [0.15, 0.2) is 54.9 Å². The van der Waals surface area contributed by atoms with Gasteiger partial charge in [0.1, 0.15) is 0 Å². The molecule has 1 aromatic heterocycles. The molecule has 1 heterocycles. The van der Waals surface area contributed by atoms with Gasteiger partial charge in [-0.15, -0.1) is 0 Å². The Morgan fingerprint density at radius 3 is 2.11 bits per heavy atom. The van der Waals surface area contributed by atoms with Gasteiger partial charge in [-0.3, -0.25) is 0 Å². The molecule has 0 fully saturated rings. The Bertz CT molecular complexity index is 568. The number of benzene rings is 1. The summed E-state index contributed by atoms with van der Waals surface area (Å²) in [7, 11) is -1.27. The molecule has 0 radical (unpaired) electrons. The molecule has 0 atom stereocenters. The van der Waals surface area contributed by atoms with Crippen LogP contribution in [0, 0.1) is 0 Å². The van der Waals surface area contributed by atoms with Crippen LogP contribution in [0.4, 0.5) is 0 Å². The average molecular weight is 269 g/mol. The smallest absolute Gasteiger partial charge is 0.174 e. The lowest BCUT2D eigenvalue weighted by Gasteiger charge is -2.15. The van der Waals surface area contributed by atoms with E-state index in [2.05, 4.69) is 31.8 Å². The molecule has 0 aliphatic rings. The molecule has 2 nitrogen and oxygen atoms in total. The second kappa shape index (κ2) is 5.41. The molecule has 0 saturated heterocycles. The minimum Gasteiger partial charge on any atom is -0.868 e. The van der Waals surface area contributed by atoms with E-state index in [0.717, 1.165) is 0 Å². The highest BCUT2D eigenvalue weighted by atomic mass is 28.3. The fourth-order valence-electron chi connectivity index (χ4n) is 1.84. The molecule has 0 aliphatic carbocycles. The van der Waals surface area contributed by atoms with E-state index < -0.39 is 8.07 Å². The lowest BCUT2D eigenvalue weighted by atomic mass is 10.2. The number of nitrogens with zero attached hydrogens (tertiary/aromatic N) is 1. The zero-order valence-electron chi connectivity index (χ0n) is 11.6.